The van der Waals surface area contributed by atoms with Crippen LogP contribution >= 0.6 is 0 Å². The third-order valence-electron chi connectivity index (χ3n) is 4.62. The van der Waals surface area contributed by atoms with Crippen LogP contribution in [0.2, 0.25) is 0 Å². The summed E-state index contributed by atoms with van der Waals surface area (Å²) in [7, 11) is 0. The number of allylic oxidation sites excluding steroid dienone is 1. The second-order valence-electron chi connectivity index (χ2n) is 6.50. The SMILES string of the molecule is C=CCCc1cnc(-c2ccc(C3CCC(C(F)(F)F)OC3)cc2)nc1. The van der Waals surface area contributed by atoms with Gasteiger partial charge in [0.2, 0.25) is 0 Å². The Morgan fingerprint density at radius 2 is 1.81 bits per heavy atom. The molecule has 1 fully saturated rings. The summed E-state index contributed by atoms with van der Waals surface area (Å²) in [5, 5.41) is 0. The molecule has 2 aromatic rings. The predicted molar refractivity (Wildman–Crippen MR) is 93.8 cm³/mol. The van der Waals surface area contributed by atoms with Crippen molar-refractivity contribution in [2.24, 2.45) is 0 Å². The average molecular weight is 362 g/mol. The van der Waals surface area contributed by atoms with Gasteiger partial charge in [-0.1, -0.05) is 30.3 Å². The zero-order valence-electron chi connectivity index (χ0n) is 14.4. The van der Waals surface area contributed by atoms with Crippen molar-refractivity contribution < 1.29 is 17.9 Å². The lowest BCUT2D eigenvalue weighted by atomic mass is 9.90. The summed E-state index contributed by atoms with van der Waals surface area (Å²) in [6, 6.07) is 7.66. The molecule has 0 radical (unpaired) electrons. The molecule has 3 nitrogen and oxygen atoms in total. The van der Waals surface area contributed by atoms with Gasteiger partial charge in [-0.2, -0.15) is 13.2 Å². The zero-order chi connectivity index (χ0) is 18.6. The third-order valence-corrected chi connectivity index (χ3v) is 4.62. The molecule has 0 aliphatic carbocycles. The molecule has 2 atom stereocenters. The van der Waals surface area contributed by atoms with Gasteiger partial charge in [-0.25, -0.2) is 9.97 Å². The lowest BCUT2D eigenvalue weighted by Gasteiger charge is -2.30. The van der Waals surface area contributed by atoms with Gasteiger partial charge >= 0.3 is 6.18 Å². The van der Waals surface area contributed by atoms with Gasteiger partial charge in [0.05, 0.1) is 6.61 Å². The van der Waals surface area contributed by atoms with Gasteiger partial charge in [0, 0.05) is 23.9 Å². The summed E-state index contributed by atoms with van der Waals surface area (Å²) in [6.07, 6.45) is 1.80. The van der Waals surface area contributed by atoms with Crippen molar-refractivity contribution in [3.8, 4) is 11.4 Å². The van der Waals surface area contributed by atoms with Crippen LogP contribution in [0.15, 0.2) is 49.3 Å². The summed E-state index contributed by atoms with van der Waals surface area (Å²) in [5.41, 5.74) is 2.93. The predicted octanol–water partition coefficient (Wildman–Crippen LogP) is 5.09. The monoisotopic (exact) mass is 362 g/mol. The second-order valence-corrected chi connectivity index (χ2v) is 6.50. The Morgan fingerprint density at radius 3 is 2.35 bits per heavy atom. The Bertz CT molecular complexity index is 718. The first kappa shape index (κ1) is 18.6. The lowest BCUT2D eigenvalue weighted by Crippen LogP contribution is -2.36. The molecule has 1 aromatic carbocycles. The van der Waals surface area contributed by atoms with E-state index in [1.54, 1.807) is 0 Å². The van der Waals surface area contributed by atoms with Crippen molar-refractivity contribution in [2.75, 3.05) is 6.61 Å². The molecule has 1 aliphatic rings. The number of nitrogens with zero attached hydrogens (tertiary/aromatic N) is 2. The maximum absolute atomic E-state index is 12.7. The molecule has 138 valence electrons. The smallest absolute Gasteiger partial charge is 0.368 e. The number of aromatic nitrogens is 2. The molecular formula is C20H21F3N2O. The van der Waals surface area contributed by atoms with Gasteiger partial charge < -0.3 is 4.74 Å². The van der Waals surface area contributed by atoms with Gasteiger partial charge in [0.15, 0.2) is 11.9 Å². The molecule has 3 rings (SSSR count). The van der Waals surface area contributed by atoms with Gasteiger partial charge in [0.25, 0.3) is 0 Å². The third kappa shape index (κ3) is 4.49. The Kier molecular flexibility index (Phi) is 5.71. The van der Waals surface area contributed by atoms with E-state index >= 15 is 0 Å². The summed E-state index contributed by atoms with van der Waals surface area (Å²) in [4.78, 5) is 8.77. The van der Waals surface area contributed by atoms with E-state index in [1.807, 2.05) is 42.7 Å². The average Bonchev–Trinajstić information content (AvgIpc) is 2.66. The van der Waals surface area contributed by atoms with Crippen molar-refractivity contribution in [2.45, 2.75) is 43.9 Å². The first-order valence-electron chi connectivity index (χ1n) is 8.68. The van der Waals surface area contributed by atoms with E-state index < -0.39 is 12.3 Å². The number of aryl methyl sites for hydroxylation is 1. The fourth-order valence-electron chi connectivity index (χ4n) is 3.08. The minimum Gasteiger partial charge on any atom is -0.368 e. The molecule has 1 aromatic heterocycles. The molecule has 0 spiro atoms. The number of alkyl halides is 3. The number of rotatable bonds is 5. The largest absolute Gasteiger partial charge is 0.414 e. The van der Waals surface area contributed by atoms with Crippen molar-refractivity contribution in [3.63, 3.8) is 0 Å². The maximum Gasteiger partial charge on any atom is 0.414 e. The topological polar surface area (TPSA) is 35.0 Å². The van der Waals surface area contributed by atoms with E-state index in [9.17, 15) is 13.2 Å². The fourth-order valence-corrected chi connectivity index (χ4v) is 3.08. The van der Waals surface area contributed by atoms with Crippen LogP contribution in [0.5, 0.6) is 0 Å². The van der Waals surface area contributed by atoms with Crippen LogP contribution in [-0.4, -0.2) is 28.9 Å². The maximum atomic E-state index is 12.7. The van der Waals surface area contributed by atoms with Crippen LogP contribution in [0.3, 0.4) is 0 Å². The number of hydrogen-bond donors (Lipinski definition) is 0. The van der Waals surface area contributed by atoms with E-state index in [-0.39, 0.29) is 18.9 Å². The standard InChI is InChI=1S/C20H21F3N2O/c1-2-3-4-14-11-24-19(25-12-14)16-7-5-15(6-8-16)17-9-10-18(26-13-17)20(21,22)23/h2,5-8,11-12,17-18H,1,3-4,9-10,13H2. The number of ether oxygens (including phenoxy) is 1. The molecule has 1 aliphatic heterocycles. The normalized spacial score (nSPS) is 20.7. The van der Waals surface area contributed by atoms with Crippen molar-refractivity contribution in [1.29, 1.82) is 0 Å². The molecule has 0 N–H and O–H groups in total. The Labute approximate surface area is 150 Å². The van der Waals surface area contributed by atoms with Crippen molar-refractivity contribution in [3.05, 3.63) is 60.4 Å². The van der Waals surface area contributed by atoms with Crippen LogP contribution in [0.4, 0.5) is 13.2 Å². The zero-order valence-corrected chi connectivity index (χ0v) is 14.4. The molecule has 2 heterocycles. The number of benzene rings is 1. The van der Waals surface area contributed by atoms with E-state index in [2.05, 4.69) is 16.5 Å². The van der Waals surface area contributed by atoms with E-state index in [4.69, 9.17) is 4.74 Å². The fraction of sp³-hybridized carbons (Fsp3) is 0.400. The summed E-state index contributed by atoms with van der Waals surface area (Å²) >= 11 is 0. The summed E-state index contributed by atoms with van der Waals surface area (Å²) in [6.45, 7) is 3.79. The molecule has 0 saturated carbocycles. The molecule has 2 unspecified atom stereocenters. The van der Waals surface area contributed by atoms with Gasteiger partial charge in [-0.3, -0.25) is 0 Å². The molecule has 26 heavy (non-hydrogen) atoms. The Balaban J connectivity index is 1.63. The van der Waals surface area contributed by atoms with Crippen LogP contribution in [0.1, 0.15) is 36.3 Å². The number of halogens is 3. The lowest BCUT2D eigenvalue weighted by molar-refractivity contribution is -0.232. The Hall–Kier alpha value is -2.21. The van der Waals surface area contributed by atoms with Crippen LogP contribution in [0.25, 0.3) is 11.4 Å². The highest BCUT2D eigenvalue weighted by Gasteiger charge is 2.43. The minimum absolute atomic E-state index is 0.00516. The quantitative estimate of drug-likeness (QED) is 0.695. The van der Waals surface area contributed by atoms with Crippen molar-refractivity contribution >= 4 is 0 Å². The van der Waals surface area contributed by atoms with Crippen molar-refractivity contribution in [1.82, 2.24) is 9.97 Å². The number of hydrogen-bond acceptors (Lipinski definition) is 3. The van der Waals surface area contributed by atoms with Gasteiger partial charge in [0.1, 0.15) is 0 Å². The van der Waals surface area contributed by atoms with E-state index in [1.165, 1.54) is 0 Å². The highest BCUT2D eigenvalue weighted by Crippen LogP contribution is 2.35. The van der Waals surface area contributed by atoms with E-state index in [0.29, 0.717) is 12.2 Å². The van der Waals surface area contributed by atoms with Crippen LogP contribution in [0, 0.1) is 0 Å². The minimum atomic E-state index is -4.27. The molecular weight excluding hydrogens is 341 g/mol. The molecule has 0 amide bonds. The van der Waals surface area contributed by atoms with E-state index in [0.717, 1.165) is 29.5 Å². The second kappa shape index (κ2) is 7.99. The van der Waals surface area contributed by atoms with Gasteiger partial charge in [-0.15, -0.1) is 6.58 Å². The summed E-state index contributed by atoms with van der Waals surface area (Å²) < 4.78 is 43.0. The molecule has 1 saturated heterocycles. The summed E-state index contributed by atoms with van der Waals surface area (Å²) in [5.74, 6) is 0.626. The first-order valence-corrected chi connectivity index (χ1v) is 8.68. The van der Waals surface area contributed by atoms with Crippen LogP contribution in [-0.2, 0) is 11.2 Å². The first-order chi connectivity index (χ1) is 12.5. The highest BCUT2D eigenvalue weighted by molar-refractivity contribution is 5.55. The Morgan fingerprint density at radius 1 is 1.12 bits per heavy atom. The molecule has 6 heteroatoms. The van der Waals surface area contributed by atoms with Crippen LogP contribution < -0.4 is 0 Å². The highest BCUT2D eigenvalue weighted by atomic mass is 19.4. The molecule has 0 bridgehead atoms. The van der Waals surface area contributed by atoms with Gasteiger partial charge in [-0.05, 0) is 36.8 Å².